The Morgan fingerprint density at radius 3 is 0.434 bits per heavy atom. The molecular weight excluding hydrogens is 1290 g/mol. The minimum atomic E-state index is -0.145. The van der Waals surface area contributed by atoms with Gasteiger partial charge in [0, 0.05) is 77.2 Å². The summed E-state index contributed by atoms with van der Waals surface area (Å²) in [6, 6.07) is 32.5. The predicted molar refractivity (Wildman–Crippen MR) is 323 cm³/mol. The van der Waals surface area contributed by atoms with Crippen LogP contribution in [0.1, 0.15) is 33.4 Å². The van der Waals surface area contributed by atoms with Gasteiger partial charge in [-0.25, -0.2) is 0 Å². The normalized spacial score (nSPS) is 10.5. The van der Waals surface area contributed by atoms with Gasteiger partial charge in [-0.05, 0) is 143 Å². The first-order chi connectivity index (χ1) is 39.1. The van der Waals surface area contributed by atoms with Crippen LogP contribution < -0.4 is 56.8 Å². The van der Waals surface area contributed by atoms with Crippen molar-refractivity contribution in [3.8, 4) is 69.0 Å². The van der Waals surface area contributed by atoms with E-state index in [1.807, 2.05) is 72.8 Å². The van der Waals surface area contributed by atoms with Gasteiger partial charge in [0.1, 0.15) is 69.0 Å². The number of hydrogen-bond acceptors (Lipinski definition) is 15. The Morgan fingerprint density at radius 1 is 0.253 bits per heavy atom. The zero-order valence-electron chi connectivity index (χ0n) is 48.0. The molecule has 0 spiro atoms. The first-order valence-corrected chi connectivity index (χ1v) is 25.4. The Balaban J connectivity index is 0.000000600. The molecule has 0 saturated heterocycles. The summed E-state index contributed by atoms with van der Waals surface area (Å²) in [6.07, 6.45) is 19.2. The summed E-state index contributed by atoms with van der Waals surface area (Å²) in [7, 11) is 19.0. The molecule has 0 unspecified atom stereocenters. The summed E-state index contributed by atoms with van der Waals surface area (Å²) in [4.78, 5) is 36.3. The molecule has 0 atom stereocenters. The zero-order valence-corrected chi connectivity index (χ0v) is 52.7. The first kappa shape index (κ1) is 73.3. The van der Waals surface area contributed by atoms with Crippen LogP contribution in [0.15, 0.2) is 146 Å². The molecule has 83 heavy (non-hydrogen) atoms. The molecule has 0 aliphatic heterocycles. The molecule has 0 amide bonds. The van der Waals surface area contributed by atoms with Gasteiger partial charge in [0.05, 0.1) is 90.7 Å². The Labute approximate surface area is 524 Å². The van der Waals surface area contributed by atoms with E-state index in [9.17, 15) is 14.4 Å². The van der Waals surface area contributed by atoms with Gasteiger partial charge in [0.2, 0.25) is 0 Å². The van der Waals surface area contributed by atoms with E-state index in [2.05, 4.69) is 0 Å². The number of methoxy groups -OCH3 is 12. The zero-order chi connectivity index (χ0) is 59.5. The van der Waals surface area contributed by atoms with E-state index in [0.717, 1.165) is 33.4 Å². The smallest absolute Gasteiger partial charge is 0.178 e. The monoisotopic (exact) mass is 1360 g/mol. The van der Waals surface area contributed by atoms with Crippen LogP contribution in [-0.2, 0) is 55.2 Å². The molecule has 0 bridgehead atoms. The summed E-state index contributed by atoms with van der Waals surface area (Å²) in [5, 5.41) is 0.194. The quantitative estimate of drug-likeness (QED) is 0.0319. The summed E-state index contributed by atoms with van der Waals surface area (Å²) >= 11 is 9.53. The third-order valence-electron chi connectivity index (χ3n) is 10.9. The van der Waals surface area contributed by atoms with E-state index in [4.69, 9.17) is 80.0 Å². The molecule has 0 fully saturated rings. The van der Waals surface area contributed by atoms with Crippen LogP contribution in [0.4, 0.5) is 0 Å². The van der Waals surface area contributed by atoms with E-state index in [0.29, 0.717) is 69.0 Å². The van der Waals surface area contributed by atoms with Gasteiger partial charge in [-0.3, -0.25) is 14.4 Å². The van der Waals surface area contributed by atoms with Gasteiger partial charge in [-0.1, -0.05) is 36.5 Å². The molecule has 0 aliphatic rings. The van der Waals surface area contributed by atoms with Crippen LogP contribution in [0.5, 0.6) is 69.0 Å². The van der Waals surface area contributed by atoms with E-state index < -0.39 is 0 Å². The molecule has 6 aromatic carbocycles. The van der Waals surface area contributed by atoms with Gasteiger partial charge >= 0.3 is 0 Å². The van der Waals surface area contributed by atoms with Crippen molar-refractivity contribution in [1.82, 2.24) is 0 Å². The van der Waals surface area contributed by atoms with Crippen LogP contribution in [0, 0.1) is 0 Å². The summed E-state index contributed by atoms with van der Waals surface area (Å²) in [6.45, 7) is 0. The fraction of sp³-hybridized carbons (Fsp3) is 0.203. The molecule has 0 N–H and O–H groups in total. The van der Waals surface area contributed by atoms with E-state index in [1.54, 1.807) is 158 Å². The number of carbonyl (C=O) groups is 3. The van der Waals surface area contributed by atoms with Crippen LogP contribution in [0.25, 0.3) is 36.5 Å². The third kappa shape index (κ3) is 27.7. The second-order valence-electron chi connectivity index (χ2n) is 16.2. The molecule has 448 valence electrons. The molecule has 0 saturated carbocycles. The average molecular weight is 1360 g/mol. The first-order valence-electron chi connectivity index (χ1n) is 24.4. The maximum Gasteiger partial charge on any atom is 0.178 e. The Morgan fingerprint density at radius 2 is 0.349 bits per heavy atom. The van der Waals surface area contributed by atoms with E-state index in [-0.39, 0.29) is 63.5 Å². The van der Waals surface area contributed by atoms with E-state index >= 15 is 0 Å². The molecule has 0 aromatic heterocycles. The second kappa shape index (κ2) is 41.3. The van der Waals surface area contributed by atoms with Crippen LogP contribution in [0.2, 0.25) is 0 Å². The van der Waals surface area contributed by atoms with Crippen LogP contribution in [0.3, 0.4) is 0 Å². The molecule has 0 aliphatic carbocycles. The third-order valence-corrected chi connectivity index (χ3v) is 10.9. The maximum absolute atomic E-state index is 12.1. The van der Waals surface area contributed by atoms with Crippen molar-refractivity contribution in [3.63, 3.8) is 0 Å². The van der Waals surface area contributed by atoms with Crippen molar-refractivity contribution < 1.29 is 112 Å². The van der Waals surface area contributed by atoms with Crippen molar-refractivity contribution in [3.05, 3.63) is 179 Å². The molecule has 6 rings (SSSR count). The van der Waals surface area contributed by atoms with E-state index in [1.165, 1.54) is 36.5 Å². The maximum atomic E-state index is 12.1. The number of allylic oxidation sites excluding steroid dienone is 6. The van der Waals surface area contributed by atoms with Crippen molar-refractivity contribution in [1.29, 1.82) is 0 Å². The Hall–Kier alpha value is -7.73. The Kier molecular flexibility index (Phi) is 36.5. The number of carbonyl (C=O) groups excluding carboxylic acids is 3. The molecular formula is C64H68Cl2O15Pd2. The van der Waals surface area contributed by atoms with Crippen LogP contribution >= 0.6 is 23.2 Å². The number of rotatable bonds is 24. The van der Waals surface area contributed by atoms with Gasteiger partial charge in [-0.2, -0.15) is 0 Å². The SMILES string of the molecule is COc1cc(/C=C/C(=O)/C=C/c2cc(OC)cc(OC)c2)cc(OC)c1.COc1cc(/C=C/C(=O)/C=C/c2cc(OC)cc(OC)c2)cc(OC)c1.COc1cc(/C=C/C(=O)/C=C/c2cc(OC)cc(OC)c2)cc(OC)c1.ClCCl.[Pd].[Pd]. The van der Waals surface area contributed by atoms with Crippen molar-refractivity contribution >= 4 is 77.0 Å². The summed E-state index contributed by atoms with van der Waals surface area (Å²) < 4.78 is 62.6. The summed E-state index contributed by atoms with van der Waals surface area (Å²) in [5.41, 5.74) is 4.87. The average Bonchev–Trinajstić information content (AvgIpc) is 3.52. The van der Waals surface area contributed by atoms with Crippen molar-refractivity contribution in [2.75, 3.05) is 90.7 Å². The fourth-order valence-electron chi connectivity index (χ4n) is 6.79. The number of benzene rings is 6. The minimum absolute atomic E-state index is 0. The number of halogens is 2. The molecule has 6 aromatic rings. The number of ether oxygens (including phenoxy) is 12. The fourth-order valence-corrected chi connectivity index (χ4v) is 6.79. The topological polar surface area (TPSA) is 162 Å². The number of alkyl halides is 2. The summed E-state index contributed by atoms with van der Waals surface area (Å²) in [5.74, 6) is 7.52. The van der Waals surface area contributed by atoms with Crippen molar-refractivity contribution in [2.45, 2.75) is 0 Å². The van der Waals surface area contributed by atoms with Crippen LogP contribution in [-0.4, -0.2) is 108 Å². The second-order valence-corrected chi connectivity index (χ2v) is 17.0. The molecule has 0 heterocycles. The number of hydrogen-bond donors (Lipinski definition) is 0. The standard InChI is InChI=1S/3C21H22O5.CH2Cl2.2Pd/c3*1-23-18-9-15(10-19(13-18)24-2)5-7-17(22)8-6-16-11-20(25-3)14-21(12-16)26-4;2-1-3;;/h3*5-14H,1-4H3;1H2;;/b3*7-5+,8-6+;;;. The number of ketones is 3. The molecule has 15 nitrogen and oxygen atoms in total. The van der Waals surface area contributed by atoms with Gasteiger partial charge in [-0.15, -0.1) is 23.2 Å². The predicted octanol–water partition coefficient (Wildman–Crippen LogP) is 13.5. The minimum Gasteiger partial charge on any atom is -0.497 e. The molecule has 19 heteroatoms. The van der Waals surface area contributed by atoms with Gasteiger partial charge < -0.3 is 56.8 Å². The largest absolute Gasteiger partial charge is 0.497 e. The molecule has 0 radical (unpaired) electrons. The van der Waals surface area contributed by atoms with Crippen molar-refractivity contribution in [2.24, 2.45) is 0 Å². The van der Waals surface area contributed by atoms with Gasteiger partial charge in [0.15, 0.2) is 17.3 Å². The Bertz CT molecular complexity index is 2500. The van der Waals surface area contributed by atoms with Gasteiger partial charge in [0.25, 0.3) is 0 Å².